The molecule has 1 aliphatic heterocycles. The number of nitrogens with zero attached hydrogens (tertiary/aromatic N) is 4. The molecule has 3 aromatic rings. The van der Waals surface area contributed by atoms with Crippen LogP contribution in [0.15, 0.2) is 61.1 Å². The molecule has 0 saturated carbocycles. The summed E-state index contributed by atoms with van der Waals surface area (Å²) in [6.45, 7) is 6.49. The fourth-order valence-corrected chi connectivity index (χ4v) is 4.10. The van der Waals surface area contributed by atoms with Gasteiger partial charge in [0.1, 0.15) is 0 Å². The Morgan fingerprint density at radius 1 is 1.09 bits per heavy atom. The van der Waals surface area contributed by atoms with Crippen LogP contribution in [-0.4, -0.2) is 51.1 Å². The van der Waals surface area contributed by atoms with E-state index >= 15 is 0 Å². The first-order valence-electron chi connectivity index (χ1n) is 11.1. The molecule has 1 N–H and O–H groups in total. The predicted molar refractivity (Wildman–Crippen MR) is 122 cm³/mol. The summed E-state index contributed by atoms with van der Waals surface area (Å²) in [5.41, 5.74) is 3.01. The van der Waals surface area contributed by atoms with E-state index in [-0.39, 0.29) is 17.7 Å². The minimum absolute atomic E-state index is 0.0111. The van der Waals surface area contributed by atoms with Gasteiger partial charge in [0.25, 0.3) is 11.8 Å². The van der Waals surface area contributed by atoms with Crippen molar-refractivity contribution in [2.45, 2.75) is 32.7 Å². The van der Waals surface area contributed by atoms with Gasteiger partial charge in [0, 0.05) is 49.7 Å². The number of hydrogen-bond donors (Lipinski definition) is 1. The second-order valence-electron chi connectivity index (χ2n) is 8.64. The lowest BCUT2D eigenvalue weighted by molar-refractivity contribution is 0.0789. The number of pyridine rings is 1. The van der Waals surface area contributed by atoms with Crippen LogP contribution in [-0.2, 0) is 6.54 Å². The summed E-state index contributed by atoms with van der Waals surface area (Å²) in [5, 5.41) is 7.24. The highest BCUT2D eigenvalue weighted by Gasteiger charge is 2.32. The number of rotatable bonds is 7. The van der Waals surface area contributed by atoms with E-state index in [9.17, 15) is 9.59 Å². The minimum atomic E-state index is -0.101. The van der Waals surface area contributed by atoms with Crippen LogP contribution in [0.2, 0.25) is 0 Å². The van der Waals surface area contributed by atoms with Crippen LogP contribution in [0.25, 0.3) is 0 Å². The van der Waals surface area contributed by atoms with Gasteiger partial charge < -0.3 is 10.2 Å². The highest BCUT2D eigenvalue weighted by molar-refractivity contribution is 5.97. The Bertz CT molecular complexity index is 1080. The molecule has 32 heavy (non-hydrogen) atoms. The summed E-state index contributed by atoms with van der Waals surface area (Å²) in [7, 11) is 0. The molecular weight excluding hydrogens is 402 g/mol. The molecule has 166 valence electrons. The van der Waals surface area contributed by atoms with Gasteiger partial charge in [-0.2, -0.15) is 5.10 Å². The number of carbonyl (C=O) groups excluding carboxylic acids is 2. The van der Waals surface area contributed by atoms with Crippen molar-refractivity contribution in [1.29, 1.82) is 0 Å². The fourth-order valence-electron chi connectivity index (χ4n) is 4.10. The zero-order valence-electron chi connectivity index (χ0n) is 18.6. The lowest BCUT2D eigenvalue weighted by Crippen LogP contribution is -2.31. The zero-order valence-corrected chi connectivity index (χ0v) is 18.6. The van der Waals surface area contributed by atoms with E-state index in [1.807, 2.05) is 52.2 Å². The molecule has 0 unspecified atom stereocenters. The molecular formula is C25H29N5O2. The maximum Gasteiger partial charge on any atom is 0.254 e. The average Bonchev–Trinajstić information content (AvgIpc) is 3.50. The lowest BCUT2D eigenvalue weighted by atomic mass is 9.98. The second kappa shape index (κ2) is 9.77. The van der Waals surface area contributed by atoms with Gasteiger partial charge in [-0.3, -0.25) is 19.3 Å². The van der Waals surface area contributed by atoms with Gasteiger partial charge in [0.05, 0.1) is 17.8 Å². The Labute approximate surface area is 188 Å². The van der Waals surface area contributed by atoms with Crippen LogP contribution in [0.1, 0.15) is 58.2 Å². The number of hydrogen-bond acceptors (Lipinski definition) is 4. The number of aromatic nitrogens is 3. The van der Waals surface area contributed by atoms with E-state index in [0.29, 0.717) is 43.2 Å². The van der Waals surface area contributed by atoms with Crippen LogP contribution < -0.4 is 5.32 Å². The maximum atomic E-state index is 13.4. The molecule has 0 aliphatic carbocycles. The topological polar surface area (TPSA) is 80.1 Å². The maximum absolute atomic E-state index is 13.4. The normalized spacial score (nSPS) is 15.8. The summed E-state index contributed by atoms with van der Waals surface area (Å²) >= 11 is 0. The van der Waals surface area contributed by atoms with Crippen molar-refractivity contribution >= 4 is 11.8 Å². The highest BCUT2D eigenvalue weighted by Crippen LogP contribution is 2.29. The molecule has 3 heterocycles. The fraction of sp³-hybridized carbons (Fsp3) is 0.360. The van der Waals surface area contributed by atoms with Gasteiger partial charge in [-0.05, 0) is 42.2 Å². The zero-order chi connectivity index (χ0) is 22.5. The van der Waals surface area contributed by atoms with E-state index in [4.69, 9.17) is 0 Å². The van der Waals surface area contributed by atoms with Crippen molar-refractivity contribution in [1.82, 2.24) is 25.0 Å². The van der Waals surface area contributed by atoms with Crippen molar-refractivity contribution in [3.05, 3.63) is 83.4 Å². The number of likely N-dealkylation sites (tertiary alicyclic amines) is 1. The Hall–Kier alpha value is -3.48. The number of nitrogens with one attached hydrogen (secondary N) is 1. The summed E-state index contributed by atoms with van der Waals surface area (Å²) in [5.74, 6) is 0.326. The molecule has 4 rings (SSSR count). The van der Waals surface area contributed by atoms with Crippen molar-refractivity contribution in [2.75, 3.05) is 19.6 Å². The SMILES string of the molecule is CC(C)CNC(=O)c1cccnc1[C@@H]1CCN(C(=O)c2ccccc2Cn2cccn2)C1. The van der Waals surface area contributed by atoms with E-state index < -0.39 is 0 Å². The van der Waals surface area contributed by atoms with Gasteiger partial charge in [-0.15, -0.1) is 0 Å². The molecule has 0 spiro atoms. The van der Waals surface area contributed by atoms with E-state index in [2.05, 4.69) is 29.2 Å². The summed E-state index contributed by atoms with van der Waals surface area (Å²) in [4.78, 5) is 32.5. The number of amides is 2. The van der Waals surface area contributed by atoms with Gasteiger partial charge in [0.15, 0.2) is 0 Å². The molecule has 1 aliphatic rings. The Morgan fingerprint density at radius 3 is 2.69 bits per heavy atom. The van der Waals surface area contributed by atoms with Gasteiger partial charge >= 0.3 is 0 Å². The van der Waals surface area contributed by atoms with Crippen molar-refractivity contribution in [3.8, 4) is 0 Å². The van der Waals surface area contributed by atoms with Crippen molar-refractivity contribution < 1.29 is 9.59 Å². The molecule has 7 nitrogen and oxygen atoms in total. The first-order chi connectivity index (χ1) is 15.5. The van der Waals surface area contributed by atoms with E-state index in [0.717, 1.165) is 17.7 Å². The molecule has 1 aromatic carbocycles. The monoisotopic (exact) mass is 431 g/mol. The van der Waals surface area contributed by atoms with Crippen molar-refractivity contribution in [2.24, 2.45) is 5.92 Å². The van der Waals surface area contributed by atoms with Gasteiger partial charge in [0.2, 0.25) is 0 Å². The third-order valence-corrected chi connectivity index (χ3v) is 5.76. The number of benzene rings is 1. The van der Waals surface area contributed by atoms with Crippen LogP contribution in [0.4, 0.5) is 0 Å². The molecule has 1 saturated heterocycles. The van der Waals surface area contributed by atoms with Crippen LogP contribution in [0.3, 0.4) is 0 Å². The highest BCUT2D eigenvalue weighted by atomic mass is 16.2. The van der Waals surface area contributed by atoms with Crippen LogP contribution in [0, 0.1) is 5.92 Å². The second-order valence-corrected chi connectivity index (χ2v) is 8.64. The molecule has 2 aromatic heterocycles. The van der Waals surface area contributed by atoms with Gasteiger partial charge in [-0.1, -0.05) is 32.0 Å². The lowest BCUT2D eigenvalue weighted by Gasteiger charge is -2.19. The largest absolute Gasteiger partial charge is 0.352 e. The smallest absolute Gasteiger partial charge is 0.254 e. The Balaban J connectivity index is 1.49. The van der Waals surface area contributed by atoms with E-state index in [1.54, 1.807) is 18.5 Å². The predicted octanol–water partition coefficient (Wildman–Crippen LogP) is 3.34. The molecule has 0 radical (unpaired) electrons. The first kappa shape index (κ1) is 21.7. The minimum Gasteiger partial charge on any atom is -0.352 e. The third-order valence-electron chi connectivity index (χ3n) is 5.76. The molecule has 1 fully saturated rings. The molecule has 1 atom stereocenters. The first-order valence-corrected chi connectivity index (χ1v) is 11.1. The van der Waals surface area contributed by atoms with Gasteiger partial charge in [-0.25, -0.2) is 0 Å². The average molecular weight is 432 g/mol. The summed E-state index contributed by atoms with van der Waals surface area (Å²) in [6, 6.07) is 13.2. The molecule has 0 bridgehead atoms. The van der Waals surface area contributed by atoms with Crippen LogP contribution in [0.5, 0.6) is 0 Å². The quantitative estimate of drug-likeness (QED) is 0.622. The third kappa shape index (κ3) is 4.88. The number of carbonyl (C=O) groups is 2. The molecule has 7 heteroatoms. The standard InChI is InChI=1S/C25H29N5O2/c1-18(2)15-27-24(31)22-9-5-11-26-23(22)20-10-14-29(16-20)25(32)21-8-4-3-7-19(21)17-30-13-6-12-28-30/h3-9,11-13,18,20H,10,14-17H2,1-2H3,(H,27,31)/t20-/m1/s1. The Kier molecular flexibility index (Phi) is 6.63. The van der Waals surface area contributed by atoms with E-state index in [1.165, 1.54) is 0 Å². The molecule has 2 amide bonds. The van der Waals surface area contributed by atoms with Crippen LogP contribution >= 0.6 is 0 Å². The van der Waals surface area contributed by atoms with Crippen molar-refractivity contribution in [3.63, 3.8) is 0 Å². The Morgan fingerprint density at radius 2 is 1.91 bits per heavy atom. The summed E-state index contributed by atoms with van der Waals surface area (Å²) < 4.78 is 1.81. The summed E-state index contributed by atoms with van der Waals surface area (Å²) in [6.07, 6.45) is 6.13.